The number of anilines is 1. The standard InChI is InChI=1S/C20H30N2O2S/c1-2-3-4-5-6-7-8-9-14-17(23)22-20-18(19(21)24)15-12-10-11-13-16(15)25-20/h2H,1,3-14H2,(H2,21,24)(H,22,23). The molecule has 5 heteroatoms. The van der Waals surface area contributed by atoms with Gasteiger partial charge in [0.15, 0.2) is 0 Å². The predicted molar refractivity (Wildman–Crippen MR) is 105 cm³/mol. The van der Waals surface area contributed by atoms with Crippen LogP contribution in [0.4, 0.5) is 5.00 Å². The zero-order chi connectivity index (χ0) is 18.1. The molecule has 0 fully saturated rings. The van der Waals surface area contributed by atoms with E-state index in [1.54, 1.807) is 0 Å². The zero-order valence-electron chi connectivity index (χ0n) is 15.1. The van der Waals surface area contributed by atoms with Crippen molar-refractivity contribution in [3.63, 3.8) is 0 Å². The van der Waals surface area contributed by atoms with Gasteiger partial charge in [-0.1, -0.05) is 31.8 Å². The summed E-state index contributed by atoms with van der Waals surface area (Å²) < 4.78 is 0. The highest BCUT2D eigenvalue weighted by Crippen LogP contribution is 2.37. The summed E-state index contributed by atoms with van der Waals surface area (Å²) in [4.78, 5) is 25.2. The highest BCUT2D eigenvalue weighted by atomic mass is 32.1. The topological polar surface area (TPSA) is 72.2 Å². The number of carbonyl (C=O) groups excluding carboxylic acids is 2. The minimum absolute atomic E-state index is 0.00671. The molecule has 0 aromatic carbocycles. The van der Waals surface area contributed by atoms with Crippen molar-refractivity contribution in [1.29, 1.82) is 0 Å². The van der Waals surface area contributed by atoms with Gasteiger partial charge in [0, 0.05) is 11.3 Å². The molecule has 1 heterocycles. The van der Waals surface area contributed by atoms with Crippen molar-refractivity contribution in [1.82, 2.24) is 0 Å². The number of hydrogen-bond donors (Lipinski definition) is 2. The van der Waals surface area contributed by atoms with E-state index in [9.17, 15) is 9.59 Å². The molecule has 138 valence electrons. The van der Waals surface area contributed by atoms with E-state index in [4.69, 9.17) is 5.73 Å². The maximum atomic E-state index is 12.2. The Morgan fingerprint density at radius 3 is 2.48 bits per heavy atom. The summed E-state index contributed by atoms with van der Waals surface area (Å²) in [7, 11) is 0. The van der Waals surface area contributed by atoms with Crippen molar-refractivity contribution < 1.29 is 9.59 Å². The molecule has 0 bridgehead atoms. The van der Waals surface area contributed by atoms with Crippen LogP contribution in [0.2, 0.25) is 0 Å². The summed E-state index contributed by atoms with van der Waals surface area (Å²) in [6.45, 7) is 3.73. The van der Waals surface area contributed by atoms with Crippen molar-refractivity contribution in [2.45, 2.75) is 77.0 Å². The van der Waals surface area contributed by atoms with Gasteiger partial charge in [0.1, 0.15) is 5.00 Å². The van der Waals surface area contributed by atoms with E-state index in [-0.39, 0.29) is 5.91 Å². The Hall–Kier alpha value is -1.62. The number of allylic oxidation sites excluding steroid dienone is 1. The molecule has 0 unspecified atom stereocenters. The third-order valence-electron chi connectivity index (χ3n) is 4.73. The molecule has 2 rings (SSSR count). The lowest BCUT2D eigenvalue weighted by Crippen LogP contribution is -2.18. The molecule has 2 amide bonds. The highest BCUT2D eigenvalue weighted by molar-refractivity contribution is 7.17. The lowest BCUT2D eigenvalue weighted by Gasteiger charge is -2.11. The Labute approximate surface area is 154 Å². The molecule has 3 N–H and O–H groups in total. The Morgan fingerprint density at radius 1 is 1.08 bits per heavy atom. The van der Waals surface area contributed by atoms with Crippen LogP contribution in [0.1, 0.15) is 85.0 Å². The number of unbranched alkanes of at least 4 members (excludes halogenated alkanes) is 6. The Bertz CT molecular complexity index is 607. The van der Waals surface area contributed by atoms with Gasteiger partial charge in [0.2, 0.25) is 5.91 Å². The molecule has 0 aliphatic heterocycles. The number of carbonyl (C=O) groups is 2. The third kappa shape index (κ3) is 5.99. The van der Waals surface area contributed by atoms with Crippen LogP contribution in [-0.4, -0.2) is 11.8 Å². The lowest BCUT2D eigenvalue weighted by molar-refractivity contribution is -0.116. The molecule has 1 aliphatic carbocycles. The third-order valence-corrected chi connectivity index (χ3v) is 5.94. The average molecular weight is 363 g/mol. The van der Waals surface area contributed by atoms with E-state index in [1.165, 1.54) is 41.9 Å². The number of amides is 2. The van der Waals surface area contributed by atoms with Crippen LogP contribution in [0, 0.1) is 0 Å². The van der Waals surface area contributed by atoms with Crippen LogP contribution < -0.4 is 11.1 Å². The van der Waals surface area contributed by atoms with Crippen LogP contribution in [-0.2, 0) is 17.6 Å². The van der Waals surface area contributed by atoms with Crippen LogP contribution in [0.3, 0.4) is 0 Å². The summed E-state index contributed by atoms with van der Waals surface area (Å²) in [5, 5.41) is 3.60. The van der Waals surface area contributed by atoms with Crippen molar-refractivity contribution in [3.05, 3.63) is 28.7 Å². The number of primary amides is 1. The van der Waals surface area contributed by atoms with Gasteiger partial charge in [0.05, 0.1) is 5.56 Å². The van der Waals surface area contributed by atoms with E-state index in [1.807, 2.05) is 6.08 Å². The Morgan fingerprint density at radius 2 is 1.76 bits per heavy atom. The molecular formula is C20H30N2O2S. The van der Waals surface area contributed by atoms with Gasteiger partial charge >= 0.3 is 0 Å². The molecule has 1 aromatic heterocycles. The van der Waals surface area contributed by atoms with Crippen molar-refractivity contribution in [3.8, 4) is 0 Å². The molecule has 25 heavy (non-hydrogen) atoms. The fourth-order valence-corrected chi connectivity index (χ4v) is 4.70. The fraction of sp³-hybridized carbons (Fsp3) is 0.600. The van der Waals surface area contributed by atoms with Gasteiger partial charge in [-0.25, -0.2) is 0 Å². The van der Waals surface area contributed by atoms with Gasteiger partial charge in [-0.2, -0.15) is 0 Å². The Kier molecular flexibility index (Phi) is 8.19. The number of rotatable bonds is 11. The minimum atomic E-state index is -0.422. The Balaban J connectivity index is 1.76. The molecule has 1 aliphatic rings. The number of hydrogen-bond acceptors (Lipinski definition) is 3. The largest absolute Gasteiger partial charge is 0.365 e. The maximum Gasteiger partial charge on any atom is 0.251 e. The van der Waals surface area contributed by atoms with Gasteiger partial charge in [-0.05, 0) is 50.5 Å². The second-order valence-corrected chi connectivity index (χ2v) is 7.88. The molecule has 0 atom stereocenters. The fourth-order valence-electron chi connectivity index (χ4n) is 3.39. The van der Waals surface area contributed by atoms with E-state index in [2.05, 4.69) is 11.9 Å². The van der Waals surface area contributed by atoms with Crippen LogP contribution in [0.25, 0.3) is 0 Å². The molecule has 1 aromatic rings. The molecule has 0 spiro atoms. The second-order valence-electron chi connectivity index (χ2n) is 6.78. The van der Waals surface area contributed by atoms with Gasteiger partial charge in [0.25, 0.3) is 5.91 Å². The van der Waals surface area contributed by atoms with Crippen LogP contribution in [0.15, 0.2) is 12.7 Å². The molecule has 0 radical (unpaired) electrons. The first-order valence-corrected chi connectivity index (χ1v) is 10.3. The molecular weight excluding hydrogens is 332 g/mol. The van der Waals surface area contributed by atoms with E-state index in [0.29, 0.717) is 17.0 Å². The predicted octanol–water partition coefficient (Wildman–Crippen LogP) is 4.97. The molecule has 4 nitrogen and oxygen atoms in total. The first-order chi connectivity index (χ1) is 12.1. The van der Waals surface area contributed by atoms with Gasteiger partial charge in [-0.3, -0.25) is 9.59 Å². The minimum Gasteiger partial charge on any atom is -0.365 e. The van der Waals surface area contributed by atoms with E-state index < -0.39 is 5.91 Å². The van der Waals surface area contributed by atoms with Gasteiger partial charge in [-0.15, -0.1) is 17.9 Å². The van der Waals surface area contributed by atoms with E-state index in [0.717, 1.165) is 50.5 Å². The smallest absolute Gasteiger partial charge is 0.251 e. The first kappa shape index (κ1) is 19.7. The van der Waals surface area contributed by atoms with E-state index >= 15 is 0 Å². The number of nitrogens with two attached hydrogens (primary N) is 1. The highest BCUT2D eigenvalue weighted by Gasteiger charge is 2.24. The molecule has 0 saturated heterocycles. The summed E-state index contributed by atoms with van der Waals surface area (Å²) in [5.74, 6) is -0.429. The average Bonchev–Trinajstić information content (AvgIpc) is 2.95. The SMILES string of the molecule is C=CCCCCCCCCC(=O)Nc1sc2c(c1C(N)=O)CCCC2. The first-order valence-electron chi connectivity index (χ1n) is 9.48. The lowest BCUT2D eigenvalue weighted by atomic mass is 9.95. The van der Waals surface area contributed by atoms with Gasteiger partial charge < -0.3 is 11.1 Å². The van der Waals surface area contributed by atoms with Crippen LogP contribution >= 0.6 is 11.3 Å². The van der Waals surface area contributed by atoms with Crippen molar-refractivity contribution in [2.24, 2.45) is 5.73 Å². The maximum absolute atomic E-state index is 12.2. The van der Waals surface area contributed by atoms with Crippen molar-refractivity contribution in [2.75, 3.05) is 5.32 Å². The van der Waals surface area contributed by atoms with Crippen molar-refractivity contribution >= 4 is 28.2 Å². The normalized spacial score (nSPS) is 13.3. The number of fused-ring (bicyclic) bond motifs is 1. The monoisotopic (exact) mass is 362 g/mol. The number of thiophene rings is 1. The molecule has 0 saturated carbocycles. The summed E-state index contributed by atoms with van der Waals surface area (Å²) in [6, 6.07) is 0. The number of nitrogens with one attached hydrogen (secondary N) is 1. The summed E-state index contributed by atoms with van der Waals surface area (Å²) in [5.41, 5.74) is 7.18. The second kappa shape index (κ2) is 10.4. The van der Waals surface area contributed by atoms with Crippen LogP contribution in [0.5, 0.6) is 0 Å². The number of aryl methyl sites for hydroxylation is 1. The summed E-state index contributed by atoms with van der Waals surface area (Å²) in [6.07, 6.45) is 14.5. The summed E-state index contributed by atoms with van der Waals surface area (Å²) >= 11 is 1.53. The quantitative estimate of drug-likeness (QED) is 0.431. The zero-order valence-corrected chi connectivity index (χ0v) is 15.9.